The van der Waals surface area contributed by atoms with E-state index < -0.39 is 16.8 Å². The Morgan fingerprint density at radius 2 is 1.97 bits per heavy atom. The molecule has 0 atom stereocenters. The lowest BCUT2D eigenvalue weighted by Gasteiger charge is -2.14. The van der Waals surface area contributed by atoms with Crippen molar-refractivity contribution in [1.29, 1.82) is 0 Å². The quantitative estimate of drug-likeness (QED) is 0.124. The number of carbonyl (C=O) groups excluding carboxylic acids is 2. The van der Waals surface area contributed by atoms with E-state index in [1.807, 2.05) is 29.5 Å². The molecule has 0 aliphatic carbocycles. The van der Waals surface area contributed by atoms with Crippen LogP contribution in [-0.2, 0) is 9.53 Å². The molecule has 1 amide bonds. The van der Waals surface area contributed by atoms with Crippen LogP contribution in [0.15, 0.2) is 45.9 Å². The number of fused-ring (bicyclic) bond motifs is 1. The average Bonchev–Trinajstić information content (AvgIpc) is 3.22. The smallest absolute Gasteiger partial charge is 0.344 e. The molecule has 11 nitrogen and oxygen atoms in total. The number of nitro groups is 1. The second kappa shape index (κ2) is 11.4. The number of nitrogens with zero attached hydrogens (tertiary/aromatic N) is 2. The Bertz CT molecular complexity index is 1250. The summed E-state index contributed by atoms with van der Waals surface area (Å²) >= 11 is 2.04. The molecule has 2 aromatic carbocycles. The van der Waals surface area contributed by atoms with Gasteiger partial charge in [-0.2, -0.15) is 5.10 Å². The molecular weight excluding hydrogens is 561 g/mol. The van der Waals surface area contributed by atoms with Crippen LogP contribution in [0.3, 0.4) is 0 Å². The fourth-order valence-corrected chi connectivity index (χ4v) is 3.66. The van der Waals surface area contributed by atoms with Crippen LogP contribution in [0.4, 0.5) is 5.69 Å². The zero-order valence-electron chi connectivity index (χ0n) is 18.2. The van der Waals surface area contributed by atoms with Crippen LogP contribution in [0.1, 0.15) is 30.0 Å². The molecule has 0 saturated heterocycles. The highest BCUT2D eigenvalue weighted by molar-refractivity contribution is 14.1. The Hall–Kier alpha value is -3.68. The normalized spacial score (nSPS) is 10.9. The molecule has 3 aromatic rings. The lowest BCUT2D eigenvalue weighted by molar-refractivity contribution is -0.384. The molecular formula is C22H20IN3O8. The van der Waals surface area contributed by atoms with Crippen LogP contribution in [0, 0.1) is 13.7 Å². The van der Waals surface area contributed by atoms with Gasteiger partial charge < -0.3 is 18.6 Å². The Labute approximate surface area is 207 Å². The second-order valence-electron chi connectivity index (χ2n) is 6.65. The van der Waals surface area contributed by atoms with Crippen molar-refractivity contribution in [1.82, 2.24) is 5.43 Å². The maximum Gasteiger partial charge on any atom is 0.344 e. The van der Waals surface area contributed by atoms with Crippen molar-refractivity contribution in [2.45, 2.75) is 13.8 Å². The van der Waals surface area contributed by atoms with Crippen LogP contribution < -0.4 is 14.9 Å². The molecule has 0 unspecified atom stereocenters. The summed E-state index contributed by atoms with van der Waals surface area (Å²) in [6, 6.07) is 8.84. The number of hydrazone groups is 1. The van der Waals surface area contributed by atoms with Crippen molar-refractivity contribution < 1.29 is 33.1 Å². The number of esters is 1. The summed E-state index contributed by atoms with van der Waals surface area (Å²) in [4.78, 5) is 34.4. The number of benzene rings is 2. The molecule has 0 spiro atoms. The molecule has 1 aromatic heterocycles. The van der Waals surface area contributed by atoms with E-state index in [4.69, 9.17) is 18.6 Å². The van der Waals surface area contributed by atoms with Gasteiger partial charge in [0.15, 0.2) is 23.9 Å². The van der Waals surface area contributed by atoms with E-state index in [9.17, 15) is 19.7 Å². The minimum atomic E-state index is -0.621. The number of hydrogen-bond donors (Lipinski definition) is 1. The first-order chi connectivity index (χ1) is 16.3. The summed E-state index contributed by atoms with van der Waals surface area (Å²) in [5, 5.41) is 15.3. The fraction of sp³-hybridized carbons (Fsp3) is 0.227. The Balaban J connectivity index is 1.72. The van der Waals surface area contributed by atoms with Gasteiger partial charge in [-0.15, -0.1) is 0 Å². The SMILES string of the molecule is CCOC(=O)COc1c(I)cc(/C=N/NC(=O)c2cc3cc([N+](=O)[O-])ccc3o2)cc1OCC. The number of non-ortho nitro benzene ring substituents is 1. The van der Waals surface area contributed by atoms with Crippen molar-refractivity contribution in [3.63, 3.8) is 0 Å². The number of ether oxygens (including phenoxy) is 3. The van der Waals surface area contributed by atoms with Gasteiger partial charge in [0.05, 0.1) is 27.9 Å². The van der Waals surface area contributed by atoms with Crippen LogP contribution in [-0.4, -0.2) is 42.8 Å². The Morgan fingerprint density at radius 1 is 1.18 bits per heavy atom. The summed E-state index contributed by atoms with van der Waals surface area (Å²) in [7, 11) is 0. The van der Waals surface area contributed by atoms with Crippen molar-refractivity contribution >= 4 is 57.3 Å². The van der Waals surface area contributed by atoms with Crippen LogP contribution >= 0.6 is 22.6 Å². The maximum atomic E-state index is 12.4. The Morgan fingerprint density at radius 3 is 2.68 bits per heavy atom. The van der Waals surface area contributed by atoms with Gasteiger partial charge >= 0.3 is 11.9 Å². The van der Waals surface area contributed by atoms with Crippen LogP contribution in [0.5, 0.6) is 11.5 Å². The fourth-order valence-electron chi connectivity index (χ4n) is 2.88. The molecule has 0 saturated carbocycles. The summed E-state index contributed by atoms with van der Waals surface area (Å²) in [6.45, 7) is 3.89. The molecule has 3 rings (SSSR count). The summed E-state index contributed by atoms with van der Waals surface area (Å²) < 4.78 is 22.1. The number of carbonyl (C=O) groups is 2. The van der Waals surface area contributed by atoms with E-state index in [0.29, 0.717) is 38.2 Å². The van der Waals surface area contributed by atoms with Gasteiger partial charge in [0.25, 0.3) is 5.69 Å². The Kier molecular flexibility index (Phi) is 8.40. The number of nitrogens with one attached hydrogen (secondary N) is 1. The number of furan rings is 1. The molecule has 0 aliphatic heterocycles. The van der Waals surface area contributed by atoms with Crippen LogP contribution in [0.25, 0.3) is 11.0 Å². The molecule has 0 fully saturated rings. The lowest BCUT2D eigenvalue weighted by Crippen LogP contribution is -2.17. The van der Waals surface area contributed by atoms with Crippen molar-refractivity contribution in [2.75, 3.05) is 19.8 Å². The van der Waals surface area contributed by atoms with Crippen molar-refractivity contribution in [2.24, 2.45) is 5.10 Å². The van der Waals surface area contributed by atoms with Crippen molar-refractivity contribution in [3.8, 4) is 11.5 Å². The first-order valence-electron chi connectivity index (χ1n) is 10.1. The highest BCUT2D eigenvalue weighted by atomic mass is 127. The second-order valence-corrected chi connectivity index (χ2v) is 7.81. The van der Waals surface area contributed by atoms with Gasteiger partial charge in [-0.3, -0.25) is 14.9 Å². The van der Waals surface area contributed by atoms with E-state index in [-0.39, 0.29) is 24.7 Å². The van der Waals surface area contributed by atoms with Gasteiger partial charge in [0.1, 0.15) is 5.58 Å². The monoisotopic (exact) mass is 581 g/mol. The van der Waals surface area contributed by atoms with E-state index in [1.54, 1.807) is 19.1 Å². The third-order valence-electron chi connectivity index (χ3n) is 4.29. The largest absolute Gasteiger partial charge is 0.490 e. The minimum Gasteiger partial charge on any atom is -0.490 e. The predicted molar refractivity (Wildman–Crippen MR) is 130 cm³/mol. The zero-order valence-corrected chi connectivity index (χ0v) is 20.4. The number of halogens is 1. The molecule has 0 aliphatic rings. The summed E-state index contributed by atoms with van der Waals surface area (Å²) in [5.74, 6) is -0.350. The lowest BCUT2D eigenvalue weighted by atomic mass is 10.2. The first-order valence-corrected chi connectivity index (χ1v) is 11.2. The number of rotatable bonds is 10. The van der Waals surface area contributed by atoms with Crippen LogP contribution in [0.2, 0.25) is 0 Å². The highest BCUT2D eigenvalue weighted by Crippen LogP contribution is 2.34. The van der Waals surface area contributed by atoms with Gasteiger partial charge in [0.2, 0.25) is 0 Å². The third-order valence-corrected chi connectivity index (χ3v) is 5.09. The number of hydrogen-bond acceptors (Lipinski definition) is 9. The van der Waals surface area contributed by atoms with Gasteiger partial charge in [-0.05, 0) is 66.3 Å². The number of amides is 1. The highest BCUT2D eigenvalue weighted by Gasteiger charge is 2.16. The molecule has 178 valence electrons. The van der Waals surface area contributed by atoms with Crippen molar-refractivity contribution in [3.05, 3.63) is 61.4 Å². The van der Waals surface area contributed by atoms with Gasteiger partial charge in [0, 0.05) is 17.5 Å². The first kappa shape index (κ1) is 25.0. The molecule has 12 heteroatoms. The van der Waals surface area contributed by atoms with Gasteiger partial charge in [-0.1, -0.05) is 0 Å². The topological polar surface area (TPSA) is 143 Å². The zero-order chi connectivity index (χ0) is 24.7. The van der Waals surface area contributed by atoms with E-state index >= 15 is 0 Å². The van der Waals surface area contributed by atoms with Gasteiger partial charge in [-0.25, -0.2) is 10.2 Å². The van der Waals surface area contributed by atoms with E-state index in [1.165, 1.54) is 30.5 Å². The molecule has 34 heavy (non-hydrogen) atoms. The average molecular weight is 581 g/mol. The molecule has 1 N–H and O–H groups in total. The van der Waals surface area contributed by atoms with E-state index in [2.05, 4.69) is 10.5 Å². The standard InChI is InChI=1S/C22H20IN3O8/c1-3-31-18-8-13(7-16(23)21(18)33-12-20(27)32-4-2)11-24-25-22(28)19-10-14-9-15(26(29)30)5-6-17(14)34-19/h5-11H,3-4,12H2,1-2H3,(H,25,28)/b24-11+. The third kappa shape index (κ3) is 6.21. The molecule has 1 heterocycles. The summed E-state index contributed by atoms with van der Waals surface area (Å²) in [6.07, 6.45) is 1.41. The number of nitro benzene ring substituents is 1. The molecule has 0 bridgehead atoms. The predicted octanol–water partition coefficient (Wildman–Crippen LogP) is 4.05. The van der Waals surface area contributed by atoms with E-state index in [0.717, 1.165) is 0 Å². The minimum absolute atomic E-state index is 0.0417. The molecule has 0 radical (unpaired) electrons. The summed E-state index contributed by atoms with van der Waals surface area (Å²) in [5.41, 5.74) is 3.20. The maximum absolute atomic E-state index is 12.4.